The van der Waals surface area contributed by atoms with Crippen LogP contribution in [0.4, 0.5) is 0 Å². The molecule has 0 aliphatic carbocycles. The summed E-state index contributed by atoms with van der Waals surface area (Å²) in [6.07, 6.45) is 3.93. The minimum Gasteiger partial charge on any atom is -0.330 e. The molecule has 0 spiro atoms. The van der Waals surface area contributed by atoms with Crippen LogP contribution in [0, 0.1) is 5.92 Å². The molecule has 0 rings (SSSR count). The Balaban J connectivity index is -0.000000175. The van der Waals surface area contributed by atoms with E-state index in [-0.39, 0.29) is 0 Å². The number of hydrogen-bond acceptors (Lipinski definition) is 1. The van der Waals surface area contributed by atoms with Gasteiger partial charge in [-0.05, 0) is 18.9 Å². The average Bonchev–Trinajstić information content (AvgIpc) is 2.20. The van der Waals surface area contributed by atoms with Crippen molar-refractivity contribution in [3.8, 4) is 0 Å². The van der Waals surface area contributed by atoms with Gasteiger partial charge < -0.3 is 5.73 Å². The number of nitrogens with two attached hydrogens (primary N) is 1. The standard InChI is InChI=1S/C7H17N.2C2H6/c1-3-4-5-7(2)6-8;2*1-2/h7H,3-6,8H2,1-2H3;2*1-2H3. The molecule has 2 N–H and O–H groups in total. The van der Waals surface area contributed by atoms with Gasteiger partial charge in [-0.15, -0.1) is 0 Å². The minimum absolute atomic E-state index is 0.731. The van der Waals surface area contributed by atoms with E-state index in [0.29, 0.717) is 0 Å². The zero-order chi connectivity index (χ0) is 10.4. The molecule has 0 heterocycles. The smallest absolute Gasteiger partial charge is 0.00515 e. The predicted molar refractivity (Wildman–Crippen MR) is 60.4 cm³/mol. The highest BCUT2D eigenvalue weighted by Crippen LogP contribution is 2.04. The van der Waals surface area contributed by atoms with Gasteiger partial charge in [-0.25, -0.2) is 0 Å². The Bertz CT molecular complexity index is 44.3. The average molecular weight is 175 g/mol. The Kier molecular flexibility index (Phi) is 33.5. The summed E-state index contributed by atoms with van der Waals surface area (Å²) < 4.78 is 0. The molecule has 1 nitrogen and oxygen atoms in total. The van der Waals surface area contributed by atoms with Crippen LogP contribution in [-0.4, -0.2) is 6.54 Å². The van der Waals surface area contributed by atoms with Crippen LogP contribution >= 0.6 is 0 Å². The normalized spacial score (nSPS) is 10.2. The zero-order valence-corrected chi connectivity index (χ0v) is 9.98. The van der Waals surface area contributed by atoms with Gasteiger partial charge in [0.1, 0.15) is 0 Å². The first-order valence-corrected chi connectivity index (χ1v) is 5.51. The third kappa shape index (κ3) is 22.5. The van der Waals surface area contributed by atoms with E-state index in [1.54, 1.807) is 0 Å². The molecule has 12 heavy (non-hydrogen) atoms. The second kappa shape index (κ2) is 22.4. The van der Waals surface area contributed by atoms with Crippen LogP contribution in [0.1, 0.15) is 60.8 Å². The highest BCUT2D eigenvalue weighted by molar-refractivity contribution is 4.51. The first-order valence-electron chi connectivity index (χ1n) is 5.51. The van der Waals surface area contributed by atoms with Crippen LogP contribution in [-0.2, 0) is 0 Å². The van der Waals surface area contributed by atoms with E-state index in [1.807, 2.05) is 27.7 Å². The molecule has 0 aliphatic heterocycles. The second-order valence-electron chi connectivity index (χ2n) is 2.48. The highest BCUT2D eigenvalue weighted by atomic mass is 14.5. The summed E-state index contributed by atoms with van der Waals surface area (Å²) in [5.41, 5.74) is 5.41. The van der Waals surface area contributed by atoms with Crippen molar-refractivity contribution in [1.82, 2.24) is 0 Å². The fourth-order valence-corrected chi connectivity index (χ4v) is 0.670. The number of unbranched alkanes of at least 4 members (excludes halogenated alkanes) is 1. The summed E-state index contributed by atoms with van der Waals surface area (Å²) in [4.78, 5) is 0. The minimum atomic E-state index is 0.731. The van der Waals surface area contributed by atoms with Gasteiger partial charge in [-0.3, -0.25) is 0 Å². The lowest BCUT2D eigenvalue weighted by Gasteiger charge is -2.04. The van der Waals surface area contributed by atoms with E-state index in [4.69, 9.17) is 5.73 Å². The third-order valence-corrected chi connectivity index (χ3v) is 1.45. The molecule has 78 valence electrons. The Labute approximate surface area is 79.7 Å². The Morgan fingerprint density at radius 3 is 1.75 bits per heavy atom. The Morgan fingerprint density at radius 2 is 1.50 bits per heavy atom. The van der Waals surface area contributed by atoms with E-state index in [9.17, 15) is 0 Å². The Morgan fingerprint density at radius 1 is 1.08 bits per heavy atom. The van der Waals surface area contributed by atoms with Crippen molar-refractivity contribution in [3.05, 3.63) is 0 Å². The van der Waals surface area contributed by atoms with Crippen molar-refractivity contribution in [2.75, 3.05) is 6.54 Å². The van der Waals surface area contributed by atoms with Crippen molar-refractivity contribution in [1.29, 1.82) is 0 Å². The molecule has 1 heteroatoms. The van der Waals surface area contributed by atoms with Crippen molar-refractivity contribution >= 4 is 0 Å². The summed E-state index contributed by atoms with van der Waals surface area (Å²) in [6, 6.07) is 0. The van der Waals surface area contributed by atoms with Gasteiger partial charge in [0, 0.05) is 0 Å². The van der Waals surface area contributed by atoms with Gasteiger partial charge in [0.05, 0.1) is 0 Å². The van der Waals surface area contributed by atoms with E-state index >= 15 is 0 Å². The summed E-state index contributed by atoms with van der Waals surface area (Å²) in [5, 5.41) is 0. The summed E-state index contributed by atoms with van der Waals surface area (Å²) in [6.45, 7) is 13.3. The molecule has 0 radical (unpaired) electrons. The molecule has 0 amide bonds. The first kappa shape index (κ1) is 17.9. The van der Waals surface area contributed by atoms with E-state index in [2.05, 4.69) is 13.8 Å². The highest BCUT2D eigenvalue weighted by Gasteiger charge is 1.94. The molecule has 0 bridgehead atoms. The van der Waals surface area contributed by atoms with Gasteiger partial charge in [-0.2, -0.15) is 0 Å². The lowest BCUT2D eigenvalue weighted by atomic mass is 10.1. The summed E-state index contributed by atoms with van der Waals surface area (Å²) >= 11 is 0. The Hall–Kier alpha value is -0.0400. The fraction of sp³-hybridized carbons (Fsp3) is 1.00. The monoisotopic (exact) mass is 175 g/mol. The molecule has 1 atom stereocenters. The van der Waals surface area contributed by atoms with Crippen LogP contribution in [0.25, 0.3) is 0 Å². The molecule has 0 saturated carbocycles. The summed E-state index contributed by atoms with van der Waals surface area (Å²) in [7, 11) is 0. The third-order valence-electron chi connectivity index (χ3n) is 1.45. The van der Waals surface area contributed by atoms with Gasteiger partial charge in [0.25, 0.3) is 0 Å². The van der Waals surface area contributed by atoms with Crippen LogP contribution in [0.3, 0.4) is 0 Å². The fourth-order valence-electron chi connectivity index (χ4n) is 0.670. The van der Waals surface area contributed by atoms with Crippen molar-refractivity contribution in [3.63, 3.8) is 0 Å². The first-order chi connectivity index (χ1) is 5.81. The second-order valence-corrected chi connectivity index (χ2v) is 2.48. The predicted octanol–water partition coefficient (Wildman–Crippen LogP) is 3.82. The molecule has 1 unspecified atom stereocenters. The largest absolute Gasteiger partial charge is 0.330 e. The van der Waals surface area contributed by atoms with Crippen molar-refractivity contribution in [2.45, 2.75) is 60.8 Å². The maximum Gasteiger partial charge on any atom is -0.00515 e. The van der Waals surface area contributed by atoms with Crippen LogP contribution < -0.4 is 5.73 Å². The van der Waals surface area contributed by atoms with Crippen LogP contribution in [0.5, 0.6) is 0 Å². The molecule has 0 aromatic rings. The molecular formula is C11H29N. The SMILES string of the molecule is CC.CC.CCCCC(C)CN. The molecule has 0 aliphatic rings. The van der Waals surface area contributed by atoms with Crippen LogP contribution in [0.2, 0.25) is 0 Å². The van der Waals surface area contributed by atoms with E-state index < -0.39 is 0 Å². The quantitative estimate of drug-likeness (QED) is 0.690. The molecule has 0 fully saturated rings. The molecular weight excluding hydrogens is 146 g/mol. The van der Waals surface area contributed by atoms with Gasteiger partial charge >= 0.3 is 0 Å². The van der Waals surface area contributed by atoms with Gasteiger partial charge in [0.15, 0.2) is 0 Å². The zero-order valence-electron chi connectivity index (χ0n) is 9.98. The lowest BCUT2D eigenvalue weighted by molar-refractivity contribution is 0.516. The lowest BCUT2D eigenvalue weighted by Crippen LogP contribution is -2.09. The molecule has 0 aromatic heterocycles. The number of rotatable bonds is 4. The van der Waals surface area contributed by atoms with Crippen molar-refractivity contribution < 1.29 is 0 Å². The number of hydrogen-bond donors (Lipinski definition) is 1. The molecule has 0 saturated heterocycles. The molecule has 0 aromatic carbocycles. The van der Waals surface area contributed by atoms with Crippen molar-refractivity contribution in [2.24, 2.45) is 11.7 Å². The van der Waals surface area contributed by atoms with E-state index in [1.165, 1.54) is 19.3 Å². The van der Waals surface area contributed by atoms with E-state index in [0.717, 1.165) is 12.5 Å². The topological polar surface area (TPSA) is 26.0 Å². The summed E-state index contributed by atoms with van der Waals surface area (Å²) in [5.74, 6) is 0.731. The maximum absolute atomic E-state index is 5.41. The van der Waals surface area contributed by atoms with Gasteiger partial charge in [-0.1, -0.05) is 54.4 Å². The van der Waals surface area contributed by atoms with Crippen LogP contribution in [0.15, 0.2) is 0 Å². The maximum atomic E-state index is 5.41. The van der Waals surface area contributed by atoms with Gasteiger partial charge in [0.2, 0.25) is 0 Å².